The number of hydrogen-bond donors (Lipinski definition) is 0. The van der Waals surface area contributed by atoms with E-state index in [1.807, 2.05) is 84.9 Å². The summed E-state index contributed by atoms with van der Waals surface area (Å²) in [5, 5.41) is 0.664. The van der Waals surface area contributed by atoms with Crippen LogP contribution in [0.4, 0.5) is 0 Å². The van der Waals surface area contributed by atoms with E-state index in [1.165, 1.54) is 7.11 Å². The van der Waals surface area contributed by atoms with E-state index < -0.39 is 17.7 Å². The van der Waals surface area contributed by atoms with Crippen LogP contribution in [-0.2, 0) is 43.4 Å². The predicted octanol–water partition coefficient (Wildman–Crippen LogP) is 7.50. The van der Waals surface area contributed by atoms with Gasteiger partial charge in [0.05, 0.1) is 32.5 Å². The van der Waals surface area contributed by atoms with Crippen LogP contribution in [0.5, 0.6) is 5.75 Å². The first-order valence-corrected chi connectivity index (χ1v) is 14.8. The van der Waals surface area contributed by atoms with Gasteiger partial charge in [-0.15, -0.1) is 0 Å². The van der Waals surface area contributed by atoms with Crippen LogP contribution in [-0.4, -0.2) is 38.5 Å². The molecule has 0 bridgehead atoms. The molecule has 0 amide bonds. The van der Waals surface area contributed by atoms with Gasteiger partial charge < -0.3 is 23.7 Å². The molecule has 5 rings (SSSR count). The average Bonchev–Trinajstić information content (AvgIpc) is 3.05. The fourth-order valence-electron chi connectivity index (χ4n) is 5.48. The van der Waals surface area contributed by atoms with Crippen LogP contribution in [0.2, 0.25) is 5.02 Å². The number of methoxy groups -OCH3 is 2. The highest BCUT2D eigenvalue weighted by atomic mass is 35.5. The summed E-state index contributed by atoms with van der Waals surface area (Å²) in [4.78, 5) is 13.1. The van der Waals surface area contributed by atoms with Crippen molar-refractivity contribution in [2.45, 2.75) is 50.3 Å². The summed E-state index contributed by atoms with van der Waals surface area (Å²) >= 11 is 6.67. The topological polar surface area (TPSA) is 63.2 Å². The van der Waals surface area contributed by atoms with Gasteiger partial charge >= 0.3 is 5.97 Å². The Kier molecular flexibility index (Phi) is 10.5. The summed E-state index contributed by atoms with van der Waals surface area (Å²) in [6.07, 6.45) is 0.857. The van der Waals surface area contributed by atoms with E-state index in [4.69, 9.17) is 35.3 Å². The predicted molar refractivity (Wildman–Crippen MR) is 166 cm³/mol. The Balaban J connectivity index is 1.32. The third kappa shape index (κ3) is 8.03. The number of carbonyl (C=O) groups excluding carboxylic acids is 1. The Hall–Kier alpha value is -3.68. The summed E-state index contributed by atoms with van der Waals surface area (Å²) in [5.41, 5.74) is 3.87. The van der Waals surface area contributed by atoms with Gasteiger partial charge in [0.1, 0.15) is 12.4 Å². The van der Waals surface area contributed by atoms with Gasteiger partial charge in [-0.1, -0.05) is 96.5 Å². The van der Waals surface area contributed by atoms with Gasteiger partial charge in [0.2, 0.25) is 0 Å². The van der Waals surface area contributed by atoms with Crippen LogP contribution in [0, 0.1) is 0 Å². The third-order valence-corrected chi connectivity index (χ3v) is 8.04. The number of hydrogen-bond acceptors (Lipinski definition) is 6. The van der Waals surface area contributed by atoms with Crippen molar-refractivity contribution in [3.05, 3.63) is 136 Å². The summed E-state index contributed by atoms with van der Waals surface area (Å²) in [5.74, 6) is 0.331. The molecule has 0 aromatic heterocycles. The lowest BCUT2D eigenvalue weighted by molar-refractivity contribution is -0.217. The Morgan fingerprint density at radius 1 is 0.860 bits per heavy atom. The maximum absolute atomic E-state index is 13.1. The van der Waals surface area contributed by atoms with E-state index >= 15 is 0 Å². The summed E-state index contributed by atoms with van der Waals surface area (Å²) in [7, 11) is 2.92. The number of ether oxygens (including phenoxy) is 5. The van der Waals surface area contributed by atoms with E-state index in [0.717, 1.165) is 33.6 Å². The zero-order valence-corrected chi connectivity index (χ0v) is 25.3. The fourth-order valence-corrected chi connectivity index (χ4v) is 5.66. The fraction of sp³-hybridized carbons (Fsp3) is 0.306. The minimum absolute atomic E-state index is 0.0561. The quantitative estimate of drug-likeness (QED) is 0.157. The first-order valence-electron chi connectivity index (χ1n) is 14.4. The normalized spacial score (nSPS) is 20.0. The molecule has 0 spiro atoms. The van der Waals surface area contributed by atoms with Crippen LogP contribution < -0.4 is 4.74 Å². The summed E-state index contributed by atoms with van der Waals surface area (Å²) in [6.45, 7) is 1.00. The van der Waals surface area contributed by atoms with Gasteiger partial charge in [-0.25, -0.2) is 4.79 Å². The SMILES string of the molecule is COC[C@@]1(C(=O)OC)CC(OCc2ccccc2)CC(c2ccc(Cl)c(Cc3ccc(OCc4ccccc4)cc3)c2)O1. The molecule has 6 nitrogen and oxygen atoms in total. The number of carbonyl (C=O) groups is 1. The van der Waals surface area contributed by atoms with Crippen molar-refractivity contribution in [3.8, 4) is 5.75 Å². The van der Waals surface area contributed by atoms with E-state index in [2.05, 4.69) is 18.2 Å². The van der Waals surface area contributed by atoms with Gasteiger partial charge in [0, 0.05) is 25.0 Å². The number of benzene rings is 4. The first-order chi connectivity index (χ1) is 21.0. The molecule has 0 aliphatic carbocycles. The van der Waals surface area contributed by atoms with Crippen molar-refractivity contribution >= 4 is 17.6 Å². The summed E-state index contributed by atoms with van der Waals surface area (Å²) < 4.78 is 29.5. The molecule has 1 aliphatic rings. The number of rotatable bonds is 12. The molecule has 224 valence electrons. The molecule has 0 saturated carbocycles. The highest BCUT2D eigenvalue weighted by molar-refractivity contribution is 6.31. The maximum Gasteiger partial charge on any atom is 0.340 e. The van der Waals surface area contributed by atoms with E-state index in [9.17, 15) is 4.79 Å². The lowest BCUT2D eigenvalue weighted by Crippen LogP contribution is -2.53. The van der Waals surface area contributed by atoms with Crippen molar-refractivity contribution in [1.82, 2.24) is 0 Å². The highest BCUT2D eigenvalue weighted by Crippen LogP contribution is 2.41. The molecular weight excluding hydrogens is 564 g/mol. The van der Waals surface area contributed by atoms with Crippen molar-refractivity contribution < 1.29 is 28.5 Å². The highest BCUT2D eigenvalue weighted by Gasteiger charge is 2.49. The lowest BCUT2D eigenvalue weighted by Gasteiger charge is -2.42. The smallest absolute Gasteiger partial charge is 0.340 e. The molecule has 2 unspecified atom stereocenters. The van der Waals surface area contributed by atoms with E-state index in [0.29, 0.717) is 37.5 Å². The van der Waals surface area contributed by atoms with Crippen LogP contribution in [0.3, 0.4) is 0 Å². The Bertz CT molecular complexity index is 1460. The number of esters is 1. The van der Waals surface area contributed by atoms with Gasteiger partial charge in [0.15, 0.2) is 5.60 Å². The molecule has 0 N–H and O–H groups in total. The van der Waals surface area contributed by atoms with Crippen molar-refractivity contribution in [2.75, 3.05) is 20.8 Å². The zero-order chi connectivity index (χ0) is 30.1. The van der Waals surface area contributed by atoms with Crippen molar-refractivity contribution in [1.29, 1.82) is 0 Å². The second kappa shape index (κ2) is 14.7. The Morgan fingerprint density at radius 2 is 1.53 bits per heavy atom. The maximum atomic E-state index is 13.1. The van der Waals surface area contributed by atoms with Crippen molar-refractivity contribution in [2.24, 2.45) is 0 Å². The standard InChI is InChI=1S/C36H37ClO6/c1-39-25-36(35(38)40-2)22-32(42-24-28-11-7-4-8-12-28)21-34(43-36)29-15-18-33(37)30(20-29)19-26-13-16-31(17-14-26)41-23-27-9-5-3-6-10-27/h3-18,20,32,34H,19,21-25H2,1-2H3/t32?,34?,36-/m1/s1. The van der Waals surface area contributed by atoms with E-state index in [1.54, 1.807) is 7.11 Å². The summed E-state index contributed by atoms with van der Waals surface area (Å²) in [6, 6.07) is 34.0. The second-order valence-corrected chi connectivity index (χ2v) is 11.2. The van der Waals surface area contributed by atoms with E-state index in [-0.39, 0.29) is 12.7 Å². The molecule has 7 heteroatoms. The molecule has 1 heterocycles. The number of halogens is 1. The molecule has 1 saturated heterocycles. The molecular formula is C36H37ClO6. The van der Waals surface area contributed by atoms with Gasteiger partial charge in [0.25, 0.3) is 0 Å². The van der Waals surface area contributed by atoms with Crippen LogP contribution >= 0.6 is 11.6 Å². The first kappa shape index (κ1) is 30.8. The molecule has 1 aliphatic heterocycles. The van der Waals surface area contributed by atoms with Crippen molar-refractivity contribution in [3.63, 3.8) is 0 Å². The third-order valence-electron chi connectivity index (χ3n) is 7.67. The second-order valence-electron chi connectivity index (χ2n) is 10.8. The minimum Gasteiger partial charge on any atom is -0.489 e. The molecule has 0 radical (unpaired) electrons. The molecule has 4 aromatic rings. The minimum atomic E-state index is -1.29. The van der Waals surface area contributed by atoms with Crippen LogP contribution in [0.25, 0.3) is 0 Å². The molecule has 3 atom stereocenters. The van der Waals surface area contributed by atoms with Crippen LogP contribution in [0.15, 0.2) is 103 Å². The van der Waals surface area contributed by atoms with Gasteiger partial charge in [-0.3, -0.25) is 0 Å². The van der Waals surface area contributed by atoms with Crippen LogP contribution in [0.1, 0.15) is 46.8 Å². The molecule has 43 heavy (non-hydrogen) atoms. The largest absolute Gasteiger partial charge is 0.489 e. The van der Waals surface area contributed by atoms with Gasteiger partial charge in [-0.2, -0.15) is 0 Å². The molecule has 1 fully saturated rings. The molecule has 4 aromatic carbocycles. The Labute approximate surface area is 258 Å². The Morgan fingerprint density at radius 3 is 2.19 bits per heavy atom. The average molecular weight is 601 g/mol. The monoisotopic (exact) mass is 600 g/mol. The zero-order valence-electron chi connectivity index (χ0n) is 24.5. The van der Waals surface area contributed by atoms with Gasteiger partial charge in [-0.05, 0) is 52.4 Å². The lowest BCUT2D eigenvalue weighted by atomic mass is 9.87.